The van der Waals surface area contributed by atoms with Crippen LogP contribution < -0.4 is 10.0 Å². The summed E-state index contributed by atoms with van der Waals surface area (Å²) in [6.07, 6.45) is 5.23. The maximum absolute atomic E-state index is 12.3. The van der Waals surface area contributed by atoms with Crippen LogP contribution in [0.15, 0.2) is 29.4 Å². The van der Waals surface area contributed by atoms with Crippen molar-refractivity contribution in [2.75, 3.05) is 13.1 Å². The molecule has 1 unspecified atom stereocenters. The number of rotatable bonds is 4. The second-order valence-corrected chi connectivity index (χ2v) is 6.43. The molecule has 7 heteroatoms. The largest absolute Gasteiger partial charge is 0.345 e. The fraction of sp³-hybridized carbons (Fsp3) is 0.417. The van der Waals surface area contributed by atoms with E-state index >= 15 is 0 Å². The van der Waals surface area contributed by atoms with E-state index in [1.165, 1.54) is 6.20 Å². The summed E-state index contributed by atoms with van der Waals surface area (Å²) in [7, 11) is -3.49. The Bertz CT molecular complexity index is 674. The molecule has 3 heterocycles. The average molecular weight is 280 g/mol. The van der Waals surface area contributed by atoms with Gasteiger partial charge in [-0.1, -0.05) is 0 Å². The predicted octanol–water partition coefficient (Wildman–Crippen LogP) is 0.593. The maximum atomic E-state index is 12.3. The Hall–Kier alpha value is -1.44. The number of fused-ring (bicyclic) bond motifs is 1. The summed E-state index contributed by atoms with van der Waals surface area (Å²) in [5, 5.41) is 3.88. The standard InChI is InChI=1S/C12H16N4O2S/c17-19(18,16-7-9-3-1-5-13-9)11-8-15-12-10(11)4-2-6-14-12/h2,4,6,8-9,13,16H,1,3,5,7H2,(H,14,15). The van der Waals surface area contributed by atoms with Crippen molar-refractivity contribution in [1.82, 2.24) is 20.0 Å². The minimum atomic E-state index is -3.49. The van der Waals surface area contributed by atoms with E-state index in [9.17, 15) is 8.42 Å². The van der Waals surface area contributed by atoms with Crippen LogP contribution in [0, 0.1) is 0 Å². The number of pyridine rings is 1. The van der Waals surface area contributed by atoms with E-state index in [1.807, 2.05) is 0 Å². The third kappa shape index (κ3) is 2.49. The summed E-state index contributed by atoms with van der Waals surface area (Å²) in [6, 6.07) is 3.72. The number of aromatic amines is 1. The predicted molar refractivity (Wildman–Crippen MR) is 72.3 cm³/mol. The maximum Gasteiger partial charge on any atom is 0.242 e. The molecule has 6 nitrogen and oxygen atoms in total. The topological polar surface area (TPSA) is 86.9 Å². The summed E-state index contributed by atoms with van der Waals surface area (Å²) in [5.74, 6) is 0. The molecule has 1 aliphatic rings. The van der Waals surface area contributed by atoms with Crippen molar-refractivity contribution in [2.45, 2.75) is 23.8 Å². The van der Waals surface area contributed by atoms with Gasteiger partial charge in [0.1, 0.15) is 10.5 Å². The molecule has 1 aliphatic heterocycles. The fourth-order valence-electron chi connectivity index (χ4n) is 2.37. The average Bonchev–Trinajstić information content (AvgIpc) is 3.06. The Balaban J connectivity index is 1.83. The highest BCUT2D eigenvalue weighted by atomic mass is 32.2. The zero-order valence-corrected chi connectivity index (χ0v) is 11.2. The number of sulfonamides is 1. The highest BCUT2D eigenvalue weighted by molar-refractivity contribution is 7.89. The van der Waals surface area contributed by atoms with E-state index in [2.05, 4.69) is 20.0 Å². The van der Waals surface area contributed by atoms with E-state index in [0.717, 1.165) is 19.4 Å². The molecule has 0 spiro atoms. The van der Waals surface area contributed by atoms with E-state index in [4.69, 9.17) is 0 Å². The number of hydrogen-bond donors (Lipinski definition) is 3. The van der Waals surface area contributed by atoms with Crippen LogP contribution in [0.25, 0.3) is 11.0 Å². The summed E-state index contributed by atoms with van der Waals surface area (Å²) in [5.41, 5.74) is 0.585. The van der Waals surface area contributed by atoms with Gasteiger partial charge >= 0.3 is 0 Å². The van der Waals surface area contributed by atoms with Crippen molar-refractivity contribution in [1.29, 1.82) is 0 Å². The molecule has 2 aromatic heterocycles. The van der Waals surface area contributed by atoms with Crippen LogP contribution in [0.4, 0.5) is 0 Å². The molecule has 1 fully saturated rings. The number of aromatic nitrogens is 2. The Morgan fingerprint density at radius 3 is 3.16 bits per heavy atom. The first-order valence-electron chi connectivity index (χ1n) is 6.32. The second-order valence-electron chi connectivity index (χ2n) is 4.70. The van der Waals surface area contributed by atoms with Crippen LogP contribution in [0.2, 0.25) is 0 Å². The van der Waals surface area contributed by atoms with Crippen LogP contribution in [-0.4, -0.2) is 37.5 Å². The molecule has 102 valence electrons. The summed E-state index contributed by atoms with van der Waals surface area (Å²) in [6.45, 7) is 1.39. The number of hydrogen-bond acceptors (Lipinski definition) is 4. The van der Waals surface area contributed by atoms with Crippen LogP contribution >= 0.6 is 0 Å². The molecular formula is C12H16N4O2S. The van der Waals surface area contributed by atoms with Gasteiger partial charge in [-0.25, -0.2) is 18.1 Å². The first-order chi connectivity index (χ1) is 9.17. The Kier molecular flexibility index (Phi) is 3.26. The van der Waals surface area contributed by atoms with Crippen LogP contribution in [0.1, 0.15) is 12.8 Å². The highest BCUT2D eigenvalue weighted by Crippen LogP contribution is 2.20. The molecule has 3 N–H and O–H groups in total. The number of nitrogens with one attached hydrogen (secondary N) is 3. The van der Waals surface area contributed by atoms with Crippen LogP contribution in [0.3, 0.4) is 0 Å². The molecule has 0 aromatic carbocycles. The van der Waals surface area contributed by atoms with Crippen molar-refractivity contribution in [2.24, 2.45) is 0 Å². The lowest BCUT2D eigenvalue weighted by Gasteiger charge is -2.11. The molecule has 1 saturated heterocycles. The minimum absolute atomic E-state index is 0.234. The van der Waals surface area contributed by atoms with E-state index in [0.29, 0.717) is 17.6 Å². The summed E-state index contributed by atoms with van der Waals surface area (Å²) >= 11 is 0. The Labute approximate surface area is 111 Å². The molecule has 0 bridgehead atoms. The Morgan fingerprint density at radius 1 is 1.47 bits per heavy atom. The van der Waals surface area contributed by atoms with Gasteiger partial charge in [0, 0.05) is 30.4 Å². The van der Waals surface area contributed by atoms with Gasteiger partial charge in [0.25, 0.3) is 0 Å². The molecule has 3 rings (SSSR count). The van der Waals surface area contributed by atoms with Gasteiger partial charge in [0.2, 0.25) is 10.0 Å². The molecule has 0 amide bonds. The van der Waals surface area contributed by atoms with Gasteiger partial charge in [-0.15, -0.1) is 0 Å². The molecule has 0 aliphatic carbocycles. The first kappa shape index (κ1) is 12.6. The molecule has 0 radical (unpaired) electrons. The highest BCUT2D eigenvalue weighted by Gasteiger charge is 2.22. The molecule has 2 aromatic rings. The van der Waals surface area contributed by atoms with Crippen LogP contribution in [0.5, 0.6) is 0 Å². The van der Waals surface area contributed by atoms with Gasteiger partial charge in [-0.3, -0.25) is 0 Å². The molecule has 0 saturated carbocycles. The van der Waals surface area contributed by atoms with Gasteiger partial charge < -0.3 is 10.3 Å². The molecule has 1 atom stereocenters. The third-order valence-corrected chi connectivity index (χ3v) is 4.85. The molecule has 19 heavy (non-hydrogen) atoms. The lowest BCUT2D eigenvalue weighted by atomic mass is 10.2. The van der Waals surface area contributed by atoms with E-state index in [1.54, 1.807) is 18.3 Å². The Morgan fingerprint density at radius 2 is 2.37 bits per heavy atom. The number of H-pyrrole nitrogens is 1. The summed E-state index contributed by atoms with van der Waals surface area (Å²) < 4.78 is 27.2. The quantitative estimate of drug-likeness (QED) is 0.765. The van der Waals surface area contributed by atoms with Crippen LogP contribution in [-0.2, 0) is 10.0 Å². The zero-order chi connectivity index (χ0) is 13.3. The second kappa shape index (κ2) is 4.92. The molecular weight excluding hydrogens is 264 g/mol. The van der Waals surface area contributed by atoms with Crippen molar-refractivity contribution in [3.8, 4) is 0 Å². The number of nitrogens with zero attached hydrogens (tertiary/aromatic N) is 1. The monoisotopic (exact) mass is 280 g/mol. The van der Waals surface area contributed by atoms with E-state index in [-0.39, 0.29) is 10.9 Å². The minimum Gasteiger partial charge on any atom is -0.345 e. The smallest absolute Gasteiger partial charge is 0.242 e. The first-order valence-corrected chi connectivity index (χ1v) is 7.80. The van der Waals surface area contributed by atoms with Crippen molar-refractivity contribution in [3.63, 3.8) is 0 Å². The van der Waals surface area contributed by atoms with Crippen molar-refractivity contribution in [3.05, 3.63) is 24.5 Å². The van der Waals surface area contributed by atoms with Gasteiger partial charge in [-0.2, -0.15) is 0 Å². The SMILES string of the molecule is O=S(=O)(NCC1CCCN1)c1c[nH]c2ncccc12. The lowest BCUT2D eigenvalue weighted by molar-refractivity contribution is 0.552. The summed E-state index contributed by atoms with van der Waals surface area (Å²) in [4.78, 5) is 7.23. The van der Waals surface area contributed by atoms with Crippen molar-refractivity contribution >= 4 is 21.1 Å². The normalized spacial score (nSPS) is 20.1. The third-order valence-electron chi connectivity index (χ3n) is 3.38. The van der Waals surface area contributed by atoms with E-state index < -0.39 is 10.0 Å². The van der Waals surface area contributed by atoms with Gasteiger partial charge in [0.15, 0.2) is 0 Å². The van der Waals surface area contributed by atoms with Gasteiger partial charge in [-0.05, 0) is 31.5 Å². The van der Waals surface area contributed by atoms with Crippen molar-refractivity contribution < 1.29 is 8.42 Å². The van der Waals surface area contributed by atoms with Gasteiger partial charge in [0.05, 0.1) is 0 Å². The zero-order valence-electron chi connectivity index (χ0n) is 10.4. The lowest BCUT2D eigenvalue weighted by Crippen LogP contribution is -2.37. The fourth-order valence-corrected chi connectivity index (χ4v) is 3.62.